The van der Waals surface area contributed by atoms with Crippen molar-refractivity contribution in [2.75, 3.05) is 7.05 Å². The number of rotatable bonds is 7. The second-order valence-corrected chi connectivity index (χ2v) is 6.18. The fourth-order valence-electron chi connectivity index (χ4n) is 2.82. The fourth-order valence-corrected chi connectivity index (χ4v) is 2.82. The molecular weight excluding hydrogens is 483 g/mol. The molecule has 0 radical (unpaired) electrons. The molecule has 0 aliphatic carbocycles. The highest BCUT2D eigenvalue weighted by Gasteiger charge is 2.07. The molecule has 0 atom stereocenters. The summed E-state index contributed by atoms with van der Waals surface area (Å²) < 4.78 is 1.88. The van der Waals surface area contributed by atoms with E-state index in [1.807, 2.05) is 35.1 Å². The molecule has 8 nitrogen and oxygen atoms in total. The molecule has 0 unspecified atom stereocenters. The van der Waals surface area contributed by atoms with Crippen LogP contribution >= 0.6 is 24.0 Å². The Balaban J connectivity index is 0.00000300. The van der Waals surface area contributed by atoms with E-state index in [4.69, 9.17) is 0 Å². The van der Waals surface area contributed by atoms with Gasteiger partial charge in [-0.1, -0.05) is 36.4 Å². The van der Waals surface area contributed by atoms with E-state index in [1.165, 1.54) is 11.6 Å². The van der Waals surface area contributed by atoms with Crippen LogP contribution in [0.4, 0.5) is 5.69 Å². The summed E-state index contributed by atoms with van der Waals surface area (Å²) in [5.41, 5.74) is 3.22. The normalized spacial score (nSPS) is 10.9. The molecule has 0 spiro atoms. The van der Waals surface area contributed by atoms with Crippen molar-refractivity contribution in [3.63, 3.8) is 0 Å². The Morgan fingerprint density at radius 2 is 1.86 bits per heavy atom. The van der Waals surface area contributed by atoms with Crippen LogP contribution in [0.5, 0.6) is 0 Å². The smallest absolute Gasteiger partial charge is 0.269 e. The lowest BCUT2D eigenvalue weighted by atomic mass is 10.1. The average molecular weight is 506 g/mol. The Bertz CT molecular complexity index is 959. The molecule has 0 bridgehead atoms. The minimum atomic E-state index is -0.396. The Kier molecular flexibility index (Phi) is 8.59. The number of non-ortho nitro benzene ring substituents is 1. The monoisotopic (exact) mass is 506 g/mol. The van der Waals surface area contributed by atoms with Gasteiger partial charge in [-0.15, -0.1) is 24.0 Å². The van der Waals surface area contributed by atoms with Crippen LogP contribution in [-0.4, -0.2) is 27.7 Å². The summed E-state index contributed by atoms with van der Waals surface area (Å²) >= 11 is 0. The molecule has 3 aromatic rings. The Hall–Kier alpha value is -2.95. The number of nitrogens with zero attached hydrogens (tertiary/aromatic N) is 4. The molecule has 29 heavy (non-hydrogen) atoms. The van der Waals surface area contributed by atoms with Gasteiger partial charge in [0.1, 0.15) is 0 Å². The lowest BCUT2D eigenvalue weighted by Gasteiger charge is -2.14. The molecule has 9 heteroatoms. The molecule has 0 saturated carbocycles. The van der Waals surface area contributed by atoms with Gasteiger partial charge in [-0.25, -0.2) is 0 Å². The first-order chi connectivity index (χ1) is 13.7. The first-order valence-electron chi connectivity index (χ1n) is 8.88. The molecule has 2 aromatic carbocycles. The van der Waals surface area contributed by atoms with Crippen LogP contribution in [0.3, 0.4) is 0 Å². The molecule has 0 aliphatic rings. The van der Waals surface area contributed by atoms with Crippen LogP contribution in [0.15, 0.2) is 72.0 Å². The van der Waals surface area contributed by atoms with Crippen molar-refractivity contribution in [3.05, 3.63) is 93.8 Å². The maximum Gasteiger partial charge on any atom is 0.269 e. The zero-order valence-corrected chi connectivity index (χ0v) is 18.3. The van der Waals surface area contributed by atoms with Crippen LogP contribution < -0.4 is 10.6 Å². The van der Waals surface area contributed by atoms with Gasteiger partial charge in [-0.05, 0) is 22.8 Å². The third kappa shape index (κ3) is 6.56. The van der Waals surface area contributed by atoms with Gasteiger partial charge in [0.25, 0.3) is 5.69 Å². The molecular formula is C20H23IN6O2. The van der Waals surface area contributed by atoms with Crippen molar-refractivity contribution in [2.24, 2.45) is 4.99 Å². The number of nitrogens with one attached hydrogen (secondary N) is 2. The number of aliphatic imine (C=N–C) groups is 1. The SMILES string of the molecule is CN=C(NCc1cccc([N+](=O)[O-])c1)NCc1ccccc1Cn1cccn1.I. The number of hydrogen-bond acceptors (Lipinski definition) is 4. The zero-order valence-electron chi connectivity index (χ0n) is 16.0. The summed E-state index contributed by atoms with van der Waals surface area (Å²) in [6.07, 6.45) is 3.70. The first-order valence-corrected chi connectivity index (χ1v) is 8.88. The summed E-state index contributed by atoms with van der Waals surface area (Å²) in [6, 6.07) is 16.6. The van der Waals surface area contributed by atoms with Gasteiger partial charge >= 0.3 is 0 Å². The van der Waals surface area contributed by atoms with E-state index in [9.17, 15) is 10.1 Å². The van der Waals surface area contributed by atoms with E-state index in [0.717, 1.165) is 11.1 Å². The first kappa shape index (κ1) is 22.3. The van der Waals surface area contributed by atoms with Gasteiger partial charge < -0.3 is 10.6 Å². The Labute approximate surface area is 186 Å². The molecule has 0 amide bonds. The highest BCUT2D eigenvalue weighted by molar-refractivity contribution is 14.0. The fraction of sp³-hybridized carbons (Fsp3) is 0.200. The van der Waals surface area contributed by atoms with Crippen molar-refractivity contribution < 1.29 is 4.92 Å². The van der Waals surface area contributed by atoms with Crippen LogP contribution in [0.25, 0.3) is 0 Å². The second kappa shape index (κ2) is 11.1. The van der Waals surface area contributed by atoms with Gasteiger partial charge in [0.05, 0.1) is 11.5 Å². The summed E-state index contributed by atoms with van der Waals surface area (Å²) in [5, 5.41) is 21.6. The van der Waals surface area contributed by atoms with E-state index in [0.29, 0.717) is 25.6 Å². The van der Waals surface area contributed by atoms with Gasteiger partial charge in [0.15, 0.2) is 5.96 Å². The second-order valence-electron chi connectivity index (χ2n) is 6.18. The van der Waals surface area contributed by atoms with Crippen molar-refractivity contribution in [2.45, 2.75) is 19.6 Å². The summed E-state index contributed by atoms with van der Waals surface area (Å²) in [6.45, 7) is 1.74. The van der Waals surface area contributed by atoms with Crippen molar-refractivity contribution in [1.29, 1.82) is 0 Å². The maximum absolute atomic E-state index is 10.9. The predicted octanol–water partition coefficient (Wildman–Crippen LogP) is 3.32. The lowest BCUT2D eigenvalue weighted by Crippen LogP contribution is -2.36. The number of halogens is 1. The highest BCUT2D eigenvalue weighted by Crippen LogP contribution is 2.13. The summed E-state index contributed by atoms with van der Waals surface area (Å²) in [5.74, 6) is 0.625. The minimum Gasteiger partial charge on any atom is -0.352 e. The van der Waals surface area contributed by atoms with E-state index >= 15 is 0 Å². The van der Waals surface area contributed by atoms with Crippen LogP contribution in [0, 0.1) is 10.1 Å². The molecule has 2 N–H and O–H groups in total. The number of aromatic nitrogens is 2. The third-order valence-electron chi connectivity index (χ3n) is 4.26. The number of guanidine groups is 1. The van der Waals surface area contributed by atoms with Gasteiger partial charge in [0, 0.05) is 44.7 Å². The Morgan fingerprint density at radius 3 is 2.55 bits per heavy atom. The standard InChI is InChI=1S/C20H22N6O2.HI/c1-21-20(22-13-16-6-4-9-19(12-16)26(27)28)23-14-17-7-2-3-8-18(17)15-25-11-5-10-24-25;/h2-12H,13-15H2,1H3,(H2,21,22,23);1H. The maximum atomic E-state index is 10.9. The topological polar surface area (TPSA) is 97.4 Å². The van der Waals surface area contributed by atoms with E-state index in [1.54, 1.807) is 25.4 Å². The number of benzene rings is 2. The summed E-state index contributed by atoms with van der Waals surface area (Å²) in [4.78, 5) is 14.7. The van der Waals surface area contributed by atoms with Crippen molar-refractivity contribution >= 4 is 35.6 Å². The van der Waals surface area contributed by atoms with Crippen LogP contribution in [0.2, 0.25) is 0 Å². The average Bonchev–Trinajstić information content (AvgIpc) is 3.22. The largest absolute Gasteiger partial charge is 0.352 e. The highest BCUT2D eigenvalue weighted by atomic mass is 127. The van der Waals surface area contributed by atoms with Gasteiger partial charge in [-0.2, -0.15) is 5.10 Å². The van der Waals surface area contributed by atoms with Crippen molar-refractivity contribution in [1.82, 2.24) is 20.4 Å². The van der Waals surface area contributed by atoms with E-state index in [-0.39, 0.29) is 29.7 Å². The summed E-state index contributed by atoms with van der Waals surface area (Å²) in [7, 11) is 1.69. The number of hydrogen-bond donors (Lipinski definition) is 2. The molecule has 0 fully saturated rings. The van der Waals surface area contributed by atoms with Gasteiger partial charge in [0.2, 0.25) is 0 Å². The molecule has 0 aliphatic heterocycles. The van der Waals surface area contributed by atoms with Gasteiger partial charge in [-0.3, -0.25) is 19.8 Å². The quantitative estimate of drug-likeness (QED) is 0.169. The molecule has 152 valence electrons. The lowest BCUT2D eigenvalue weighted by molar-refractivity contribution is -0.384. The van der Waals surface area contributed by atoms with E-state index < -0.39 is 4.92 Å². The minimum absolute atomic E-state index is 0. The van der Waals surface area contributed by atoms with Crippen LogP contribution in [-0.2, 0) is 19.6 Å². The molecule has 3 rings (SSSR count). The molecule has 1 heterocycles. The Morgan fingerprint density at radius 1 is 1.10 bits per heavy atom. The van der Waals surface area contributed by atoms with Crippen LogP contribution in [0.1, 0.15) is 16.7 Å². The van der Waals surface area contributed by atoms with E-state index in [2.05, 4.69) is 32.9 Å². The third-order valence-corrected chi connectivity index (χ3v) is 4.26. The van der Waals surface area contributed by atoms with Crippen molar-refractivity contribution in [3.8, 4) is 0 Å². The predicted molar refractivity (Wildman–Crippen MR) is 123 cm³/mol. The number of nitro benzene ring substituents is 1. The zero-order chi connectivity index (χ0) is 19.8. The number of nitro groups is 1. The molecule has 0 saturated heterocycles. The molecule has 1 aromatic heterocycles.